The fraction of sp³-hybridized carbons (Fsp3) is 0.438. The Labute approximate surface area is 128 Å². The minimum absolute atomic E-state index is 0.461. The molecule has 1 atom stereocenters. The molecule has 1 aliphatic heterocycles. The molecule has 0 radical (unpaired) electrons. The first-order valence-corrected chi connectivity index (χ1v) is 7.86. The molecule has 2 heterocycles. The predicted octanol–water partition coefficient (Wildman–Crippen LogP) is 3.92. The number of hydrogen-bond acceptors (Lipinski definition) is 2. The number of likely N-dealkylation sites (tertiary alicyclic amines) is 1. The summed E-state index contributed by atoms with van der Waals surface area (Å²) in [6.45, 7) is 3.33. The Morgan fingerprint density at radius 1 is 1.20 bits per heavy atom. The first-order chi connectivity index (χ1) is 9.58. The van der Waals surface area contributed by atoms with Gasteiger partial charge in [0.15, 0.2) is 0 Å². The molecule has 1 unspecified atom stereocenters. The van der Waals surface area contributed by atoms with E-state index in [-0.39, 0.29) is 0 Å². The summed E-state index contributed by atoms with van der Waals surface area (Å²) < 4.78 is 3.36. The third-order valence-corrected chi connectivity index (χ3v) is 4.88. The molecule has 1 fully saturated rings. The second kappa shape index (κ2) is 5.34. The van der Waals surface area contributed by atoms with Gasteiger partial charge in [-0.2, -0.15) is 0 Å². The van der Waals surface area contributed by atoms with Crippen LogP contribution in [-0.4, -0.2) is 28.0 Å². The molecule has 4 heteroatoms. The average Bonchev–Trinajstić information content (AvgIpc) is 2.97. The highest BCUT2D eigenvalue weighted by atomic mass is 79.9. The van der Waals surface area contributed by atoms with Crippen LogP contribution in [0, 0.1) is 6.92 Å². The minimum Gasteiger partial charge on any atom is -0.333 e. The van der Waals surface area contributed by atoms with E-state index in [4.69, 9.17) is 4.98 Å². The third kappa shape index (κ3) is 2.31. The van der Waals surface area contributed by atoms with Crippen molar-refractivity contribution in [3.05, 3.63) is 40.3 Å². The lowest BCUT2D eigenvalue weighted by Crippen LogP contribution is -2.20. The van der Waals surface area contributed by atoms with Gasteiger partial charge in [-0.15, -0.1) is 0 Å². The molecule has 2 aromatic rings. The monoisotopic (exact) mass is 333 g/mol. The molecule has 0 aliphatic carbocycles. The first-order valence-electron chi connectivity index (χ1n) is 7.07. The van der Waals surface area contributed by atoms with Crippen molar-refractivity contribution in [3.63, 3.8) is 0 Å². The lowest BCUT2D eigenvalue weighted by atomic mass is 10.1. The Morgan fingerprint density at radius 3 is 2.50 bits per heavy atom. The number of halogens is 1. The molecular weight excluding hydrogens is 314 g/mol. The maximum Gasteiger partial charge on any atom is 0.126 e. The summed E-state index contributed by atoms with van der Waals surface area (Å²) in [7, 11) is 4.33. The average molecular weight is 334 g/mol. The number of nitrogens with zero attached hydrogens (tertiary/aromatic N) is 3. The van der Waals surface area contributed by atoms with E-state index in [1.807, 2.05) is 0 Å². The zero-order valence-electron chi connectivity index (χ0n) is 12.2. The van der Waals surface area contributed by atoms with Crippen LogP contribution >= 0.6 is 15.9 Å². The van der Waals surface area contributed by atoms with E-state index in [1.54, 1.807) is 0 Å². The summed E-state index contributed by atoms with van der Waals surface area (Å²) >= 11 is 3.49. The van der Waals surface area contributed by atoms with Crippen LogP contribution in [0.2, 0.25) is 0 Å². The molecule has 106 valence electrons. The van der Waals surface area contributed by atoms with E-state index < -0.39 is 0 Å². The SMILES string of the molecule is Cc1c(-c2ccc(Br)cc2)nc(C2CCCN2C)n1C. The molecule has 1 aliphatic rings. The van der Waals surface area contributed by atoms with E-state index >= 15 is 0 Å². The van der Waals surface area contributed by atoms with E-state index in [9.17, 15) is 0 Å². The second-order valence-electron chi connectivity index (χ2n) is 5.61. The topological polar surface area (TPSA) is 21.1 Å². The van der Waals surface area contributed by atoms with Gasteiger partial charge in [0.25, 0.3) is 0 Å². The summed E-state index contributed by atoms with van der Waals surface area (Å²) in [5, 5.41) is 0. The normalized spacial score (nSPS) is 19.7. The van der Waals surface area contributed by atoms with Crippen LogP contribution in [0.15, 0.2) is 28.7 Å². The number of imidazole rings is 1. The van der Waals surface area contributed by atoms with Gasteiger partial charge in [-0.3, -0.25) is 4.90 Å². The van der Waals surface area contributed by atoms with Crippen molar-refractivity contribution >= 4 is 15.9 Å². The van der Waals surface area contributed by atoms with Gasteiger partial charge >= 0.3 is 0 Å². The lowest BCUT2D eigenvalue weighted by molar-refractivity contribution is 0.300. The zero-order valence-corrected chi connectivity index (χ0v) is 13.8. The smallest absolute Gasteiger partial charge is 0.126 e. The van der Waals surface area contributed by atoms with Crippen molar-refractivity contribution in [1.82, 2.24) is 14.5 Å². The Kier molecular flexibility index (Phi) is 3.69. The van der Waals surface area contributed by atoms with Gasteiger partial charge in [-0.05, 0) is 45.5 Å². The summed E-state index contributed by atoms with van der Waals surface area (Å²) in [5.74, 6) is 1.19. The molecular formula is C16H20BrN3. The Bertz CT molecular complexity index is 615. The summed E-state index contributed by atoms with van der Waals surface area (Å²) in [4.78, 5) is 7.36. The van der Waals surface area contributed by atoms with Gasteiger partial charge < -0.3 is 4.57 Å². The third-order valence-electron chi connectivity index (χ3n) is 4.35. The Hall–Kier alpha value is -1.13. The van der Waals surface area contributed by atoms with Crippen LogP contribution in [0.4, 0.5) is 0 Å². The van der Waals surface area contributed by atoms with Crippen molar-refractivity contribution in [3.8, 4) is 11.3 Å². The van der Waals surface area contributed by atoms with Crippen LogP contribution in [0.5, 0.6) is 0 Å². The van der Waals surface area contributed by atoms with Gasteiger partial charge in [0, 0.05) is 22.8 Å². The molecule has 0 saturated carbocycles. The number of hydrogen-bond donors (Lipinski definition) is 0. The molecule has 0 bridgehead atoms. The standard InChI is InChI=1S/C16H20BrN3/c1-11-15(12-6-8-13(17)9-7-12)18-16(20(11)3)14-5-4-10-19(14)2/h6-9,14H,4-5,10H2,1-3H3. The number of rotatable bonds is 2. The highest BCUT2D eigenvalue weighted by Gasteiger charge is 2.27. The van der Waals surface area contributed by atoms with E-state index in [0.717, 1.165) is 10.2 Å². The molecule has 0 spiro atoms. The summed E-state index contributed by atoms with van der Waals surface area (Å²) in [5.41, 5.74) is 3.53. The van der Waals surface area contributed by atoms with Crippen LogP contribution in [0.25, 0.3) is 11.3 Å². The van der Waals surface area contributed by atoms with Crippen molar-refractivity contribution in [1.29, 1.82) is 0 Å². The maximum atomic E-state index is 4.95. The van der Waals surface area contributed by atoms with E-state index in [0.29, 0.717) is 6.04 Å². The first kappa shape index (κ1) is 13.8. The zero-order chi connectivity index (χ0) is 14.3. The van der Waals surface area contributed by atoms with Gasteiger partial charge in [-0.25, -0.2) is 4.98 Å². The Balaban J connectivity index is 2.03. The van der Waals surface area contributed by atoms with Gasteiger partial charge in [0.1, 0.15) is 5.82 Å². The Morgan fingerprint density at radius 2 is 1.90 bits per heavy atom. The van der Waals surface area contributed by atoms with Crippen molar-refractivity contribution in [2.45, 2.75) is 25.8 Å². The highest BCUT2D eigenvalue weighted by Crippen LogP contribution is 2.33. The van der Waals surface area contributed by atoms with Crippen molar-refractivity contribution in [2.75, 3.05) is 13.6 Å². The van der Waals surface area contributed by atoms with Gasteiger partial charge in [-0.1, -0.05) is 28.1 Å². The van der Waals surface area contributed by atoms with Crippen LogP contribution < -0.4 is 0 Å². The van der Waals surface area contributed by atoms with Gasteiger partial charge in [0.05, 0.1) is 11.7 Å². The van der Waals surface area contributed by atoms with Crippen molar-refractivity contribution < 1.29 is 0 Å². The van der Waals surface area contributed by atoms with Crippen molar-refractivity contribution in [2.24, 2.45) is 7.05 Å². The molecule has 3 nitrogen and oxygen atoms in total. The molecule has 1 saturated heterocycles. The van der Waals surface area contributed by atoms with Crippen LogP contribution in [0.3, 0.4) is 0 Å². The largest absolute Gasteiger partial charge is 0.333 e. The quantitative estimate of drug-likeness (QED) is 0.830. The predicted molar refractivity (Wildman–Crippen MR) is 85.7 cm³/mol. The molecule has 0 amide bonds. The fourth-order valence-corrected chi connectivity index (χ4v) is 3.28. The highest BCUT2D eigenvalue weighted by molar-refractivity contribution is 9.10. The van der Waals surface area contributed by atoms with E-state index in [1.165, 1.54) is 36.5 Å². The molecule has 1 aromatic carbocycles. The maximum absolute atomic E-state index is 4.95. The van der Waals surface area contributed by atoms with Gasteiger partial charge in [0.2, 0.25) is 0 Å². The van der Waals surface area contributed by atoms with Crippen LogP contribution in [0.1, 0.15) is 30.4 Å². The summed E-state index contributed by atoms with van der Waals surface area (Å²) in [6, 6.07) is 8.86. The molecule has 0 N–H and O–H groups in total. The fourth-order valence-electron chi connectivity index (χ4n) is 3.02. The van der Waals surface area contributed by atoms with Crippen LogP contribution in [-0.2, 0) is 7.05 Å². The molecule has 1 aromatic heterocycles. The molecule has 3 rings (SSSR count). The lowest BCUT2D eigenvalue weighted by Gasteiger charge is -2.18. The van der Waals surface area contributed by atoms with E-state index in [2.05, 4.69) is 70.7 Å². The minimum atomic E-state index is 0.461. The summed E-state index contributed by atoms with van der Waals surface area (Å²) in [6.07, 6.45) is 2.47. The second-order valence-corrected chi connectivity index (χ2v) is 6.52. The number of aromatic nitrogens is 2. The molecule has 20 heavy (non-hydrogen) atoms. The number of benzene rings is 1.